The average Bonchev–Trinajstić information content (AvgIpc) is 3.42. The van der Waals surface area contributed by atoms with E-state index in [1.165, 1.54) is 47.3 Å². The van der Waals surface area contributed by atoms with Gasteiger partial charge in [0, 0.05) is 49.0 Å². The molecule has 1 aliphatic rings. The van der Waals surface area contributed by atoms with E-state index >= 15 is 0 Å². The lowest BCUT2D eigenvalue weighted by molar-refractivity contribution is -0.131. The zero-order valence-corrected chi connectivity index (χ0v) is 20.7. The number of carbonyl (C=O) groups is 2. The first-order valence-electron chi connectivity index (χ1n) is 11.6. The number of benzene rings is 2. The molecule has 0 radical (unpaired) electrons. The van der Waals surface area contributed by atoms with Gasteiger partial charge in [-0.05, 0) is 48.5 Å². The molecule has 37 heavy (non-hydrogen) atoms. The van der Waals surface area contributed by atoms with Gasteiger partial charge >= 0.3 is 6.03 Å². The third kappa shape index (κ3) is 5.48. The lowest BCUT2D eigenvalue weighted by Gasteiger charge is -2.20. The summed E-state index contributed by atoms with van der Waals surface area (Å²) in [5.41, 5.74) is 2.08. The number of thiazole rings is 1. The molecule has 9 nitrogen and oxygen atoms in total. The van der Waals surface area contributed by atoms with Crippen LogP contribution in [0.25, 0.3) is 22.8 Å². The largest absolute Gasteiger partial charge is 0.341 e. The smallest absolute Gasteiger partial charge is 0.320 e. The van der Waals surface area contributed by atoms with Gasteiger partial charge in [-0.25, -0.2) is 28.2 Å². The Kier molecular flexibility index (Phi) is 6.91. The van der Waals surface area contributed by atoms with Crippen LogP contribution < -0.4 is 10.6 Å². The van der Waals surface area contributed by atoms with Crippen LogP contribution in [-0.4, -0.2) is 56.7 Å². The van der Waals surface area contributed by atoms with Crippen molar-refractivity contribution in [1.29, 1.82) is 0 Å². The fourth-order valence-corrected chi connectivity index (χ4v) is 5.03. The highest BCUT2D eigenvalue weighted by atomic mass is 32.1. The maximum absolute atomic E-state index is 13.5. The number of nitrogens with zero attached hydrogens (tertiary/aromatic N) is 5. The Morgan fingerprint density at radius 1 is 0.946 bits per heavy atom. The van der Waals surface area contributed by atoms with Gasteiger partial charge in [-0.3, -0.25) is 10.1 Å². The molecule has 5 rings (SSSR count). The number of aromatic nitrogens is 4. The molecule has 12 heteroatoms. The zero-order valence-electron chi connectivity index (χ0n) is 19.9. The molecule has 190 valence electrons. The second kappa shape index (κ2) is 10.4. The van der Waals surface area contributed by atoms with Crippen molar-refractivity contribution in [1.82, 2.24) is 30.0 Å². The predicted molar refractivity (Wildman–Crippen MR) is 135 cm³/mol. The highest BCUT2D eigenvalue weighted by Gasteiger charge is 2.24. The van der Waals surface area contributed by atoms with E-state index in [1.807, 2.05) is 0 Å². The van der Waals surface area contributed by atoms with Gasteiger partial charge in [0.2, 0.25) is 5.91 Å². The minimum Gasteiger partial charge on any atom is -0.341 e. The monoisotopic (exact) mass is 523 g/mol. The lowest BCUT2D eigenvalue weighted by Crippen LogP contribution is -2.36. The number of urea groups is 1. The Labute approximate surface area is 215 Å². The number of hydrogen-bond acceptors (Lipinski definition) is 6. The predicted octanol–water partition coefficient (Wildman–Crippen LogP) is 3.73. The number of fused-ring (bicyclic) bond motifs is 1. The molecule has 0 spiro atoms. The fourth-order valence-electron chi connectivity index (χ4n) is 4.04. The second-order valence-electron chi connectivity index (χ2n) is 8.40. The van der Waals surface area contributed by atoms with E-state index in [9.17, 15) is 18.4 Å². The molecule has 3 amide bonds. The SMILES string of the molecule is CNC(=O)Nc1nc2c(s1)CCN(C(=O)Cn1nc(-c3ccc(F)cc3)nc1-c1ccc(F)cc1)CC2. The maximum Gasteiger partial charge on any atom is 0.320 e. The molecule has 2 aromatic heterocycles. The summed E-state index contributed by atoms with van der Waals surface area (Å²) in [4.78, 5) is 36.8. The molecule has 4 aromatic rings. The number of rotatable bonds is 5. The summed E-state index contributed by atoms with van der Waals surface area (Å²) in [5, 5.41) is 10.3. The molecule has 0 bridgehead atoms. The number of hydrogen-bond donors (Lipinski definition) is 2. The lowest BCUT2D eigenvalue weighted by atomic mass is 10.2. The molecule has 0 fully saturated rings. The Balaban J connectivity index is 1.35. The highest BCUT2D eigenvalue weighted by molar-refractivity contribution is 7.15. The van der Waals surface area contributed by atoms with E-state index < -0.39 is 0 Å². The molecule has 2 N–H and O–H groups in total. The van der Waals surface area contributed by atoms with Crippen LogP contribution in [-0.2, 0) is 24.2 Å². The Morgan fingerprint density at radius 2 is 1.59 bits per heavy atom. The van der Waals surface area contributed by atoms with E-state index in [0.717, 1.165) is 10.6 Å². The molecule has 0 saturated carbocycles. The van der Waals surface area contributed by atoms with Crippen molar-refractivity contribution in [3.05, 3.63) is 70.7 Å². The van der Waals surface area contributed by atoms with Gasteiger partial charge in [0.15, 0.2) is 16.8 Å². The molecule has 0 aliphatic carbocycles. The van der Waals surface area contributed by atoms with Crippen molar-refractivity contribution >= 4 is 28.4 Å². The molecule has 0 atom stereocenters. The van der Waals surface area contributed by atoms with Crippen molar-refractivity contribution in [3.63, 3.8) is 0 Å². The highest BCUT2D eigenvalue weighted by Crippen LogP contribution is 2.27. The minimum absolute atomic E-state index is 0.0640. The number of nitrogens with one attached hydrogen (secondary N) is 2. The van der Waals surface area contributed by atoms with Crippen LogP contribution in [0.15, 0.2) is 48.5 Å². The number of anilines is 1. The zero-order chi connectivity index (χ0) is 25.9. The van der Waals surface area contributed by atoms with Gasteiger partial charge in [0.1, 0.15) is 18.2 Å². The minimum atomic E-state index is -0.385. The molecule has 2 aromatic carbocycles. The summed E-state index contributed by atoms with van der Waals surface area (Å²) in [6.45, 7) is 0.907. The van der Waals surface area contributed by atoms with Crippen molar-refractivity contribution in [2.24, 2.45) is 0 Å². The van der Waals surface area contributed by atoms with Gasteiger partial charge in [-0.15, -0.1) is 16.4 Å². The normalized spacial score (nSPS) is 13.1. The van der Waals surface area contributed by atoms with Gasteiger partial charge < -0.3 is 10.2 Å². The summed E-state index contributed by atoms with van der Waals surface area (Å²) in [6.07, 6.45) is 1.19. The van der Waals surface area contributed by atoms with Crippen molar-refractivity contribution < 1.29 is 18.4 Å². The number of halogens is 2. The van der Waals surface area contributed by atoms with Crippen molar-refractivity contribution in [2.45, 2.75) is 19.4 Å². The summed E-state index contributed by atoms with van der Waals surface area (Å²) in [5.74, 6) is -0.154. The van der Waals surface area contributed by atoms with E-state index in [2.05, 4.69) is 25.7 Å². The first kappa shape index (κ1) is 24.5. The van der Waals surface area contributed by atoms with Gasteiger partial charge in [0.25, 0.3) is 0 Å². The molecule has 0 saturated heterocycles. The van der Waals surface area contributed by atoms with Crippen LogP contribution in [0, 0.1) is 11.6 Å². The molecule has 1 aliphatic heterocycles. The molecule has 3 heterocycles. The van der Waals surface area contributed by atoms with E-state index in [-0.39, 0.29) is 30.1 Å². The van der Waals surface area contributed by atoms with E-state index in [0.29, 0.717) is 53.8 Å². The Morgan fingerprint density at radius 3 is 2.27 bits per heavy atom. The van der Waals surface area contributed by atoms with Crippen LogP contribution in [0.1, 0.15) is 10.6 Å². The van der Waals surface area contributed by atoms with Crippen LogP contribution in [0.5, 0.6) is 0 Å². The number of amides is 3. The Bertz CT molecular complexity index is 1410. The standard InChI is InChI=1S/C25H23F2N7O2S/c1-28-24(36)31-25-29-19-10-12-33(13-11-20(19)37-25)21(35)14-34-23(16-4-8-18(27)9-5-16)30-22(32-34)15-2-6-17(26)7-3-15/h2-9H,10-14H2,1H3,(H2,28,29,31,36). The van der Waals surface area contributed by atoms with Gasteiger partial charge in [-0.2, -0.15) is 0 Å². The van der Waals surface area contributed by atoms with Crippen molar-refractivity contribution in [2.75, 3.05) is 25.5 Å². The first-order valence-corrected chi connectivity index (χ1v) is 12.4. The third-order valence-corrected chi connectivity index (χ3v) is 7.04. The number of carbonyl (C=O) groups excluding carboxylic acids is 2. The Hall–Kier alpha value is -4.19. The summed E-state index contributed by atoms with van der Waals surface area (Å²) in [6, 6.07) is 11.2. The second-order valence-corrected chi connectivity index (χ2v) is 9.49. The van der Waals surface area contributed by atoms with Crippen LogP contribution in [0.3, 0.4) is 0 Å². The summed E-state index contributed by atoms with van der Waals surface area (Å²) in [7, 11) is 1.54. The summed E-state index contributed by atoms with van der Waals surface area (Å²) < 4.78 is 28.4. The van der Waals surface area contributed by atoms with Crippen LogP contribution in [0.2, 0.25) is 0 Å². The maximum atomic E-state index is 13.5. The molecule has 0 unspecified atom stereocenters. The average molecular weight is 524 g/mol. The first-order chi connectivity index (χ1) is 17.9. The van der Waals surface area contributed by atoms with Crippen LogP contribution >= 0.6 is 11.3 Å². The fraction of sp³-hybridized carbons (Fsp3) is 0.240. The summed E-state index contributed by atoms with van der Waals surface area (Å²) >= 11 is 1.41. The van der Waals surface area contributed by atoms with Gasteiger partial charge in [0.05, 0.1) is 5.69 Å². The van der Waals surface area contributed by atoms with Gasteiger partial charge in [-0.1, -0.05) is 0 Å². The third-order valence-electron chi connectivity index (χ3n) is 5.97. The van der Waals surface area contributed by atoms with E-state index in [1.54, 1.807) is 29.2 Å². The molecular formula is C25H23F2N7O2S. The van der Waals surface area contributed by atoms with Crippen LogP contribution in [0.4, 0.5) is 18.7 Å². The van der Waals surface area contributed by atoms with E-state index in [4.69, 9.17) is 0 Å². The topological polar surface area (TPSA) is 105 Å². The molecular weight excluding hydrogens is 500 g/mol. The van der Waals surface area contributed by atoms with Crippen molar-refractivity contribution in [3.8, 4) is 22.8 Å². The quantitative estimate of drug-likeness (QED) is 0.415.